The molecule has 1 aliphatic rings. The zero-order valence-corrected chi connectivity index (χ0v) is 12.0. The van der Waals surface area contributed by atoms with E-state index in [0.717, 1.165) is 12.1 Å². The highest BCUT2D eigenvalue weighted by molar-refractivity contribution is 5.43. The molecule has 0 radical (unpaired) electrons. The van der Waals surface area contributed by atoms with Gasteiger partial charge in [0.05, 0.1) is 12.6 Å². The van der Waals surface area contributed by atoms with Crippen molar-refractivity contribution >= 4 is 0 Å². The van der Waals surface area contributed by atoms with Crippen molar-refractivity contribution in [2.75, 3.05) is 13.2 Å². The first-order valence-electron chi connectivity index (χ1n) is 7.28. The maximum Gasteiger partial charge on any atom is 0.124 e. The molecule has 1 saturated heterocycles. The van der Waals surface area contributed by atoms with Gasteiger partial charge in [0.2, 0.25) is 0 Å². The van der Waals surface area contributed by atoms with Crippen molar-refractivity contribution in [2.45, 2.75) is 18.9 Å². The number of phenols is 1. The van der Waals surface area contributed by atoms with Crippen molar-refractivity contribution < 1.29 is 9.84 Å². The van der Waals surface area contributed by atoms with Gasteiger partial charge in [0, 0.05) is 24.1 Å². The number of hydrogen-bond acceptors (Lipinski definition) is 4. The summed E-state index contributed by atoms with van der Waals surface area (Å²) in [5.41, 5.74) is 8.60. The predicted molar refractivity (Wildman–Crippen MR) is 82.3 cm³/mol. The Bertz CT molecular complexity index is 601. The average Bonchev–Trinajstić information content (AvgIpc) is 2.98. The van der Waals surface area contributed by atoms with E-state index in [0.29, 0.717) is 12.4 Å². The second kappa shape index (κ2) is 6.16. The predicted octanol–water partition coefficient (Wildman–Crippen LogP) is 2.72. The molecule has 2 unspecified atom stereocenters. The molecule has 1 fully saturated rings. The van der Waals surface area contributed by atoms with Gasteiger partial charge in [-0.3, -0.25) is 5.43 Å². The number of rotatable bonds is 4. The second-order valence-electron chi connectivity index (χ2n) is 5.17. The first kappa shape index (κ1) is 13.9. The van der Waals surface area contributed by atoms with Crippen LogP contribution in [0.4, 0.5) is 0 Å². The summed E-state index contributed by atoms with van der Waals surface area (Å²) >= 11 is 0. The molecule has 4 nitrogen and oxygen atoms in total. The molecule has 2 atom stereocenters. The molecule has 0 saturated carbocycles. The topological polar surface area (TPSA) is 53.5 Å². The number of nitrogens with one attached hydrogen (secondary N) is 2. The number of phenolic OH excluding ortho intramolecular Hbond substituents is 1. The summed E-state index contributed by atoms with van der Waals surface area (Å²) < 4.78 is 5.42. The van der Waals surface area contributed by atoms with E-state index < -0.39 is 0 Å². The summed E-state index contributed by atoms with van der Waals surface area (Å²) in [6.07, 6.45) is 0. The van der Waals surface area contributed by atoms with Crippen molar-refractivity contribution in [3.05, 3.63) is 59.7 Å². The molecule has 0 spiro atoms. The van der Waals surface area contributed by atoms with Gasteiger partial charge in [-0.15, -0.1) is 0 Å². The zero-order valence-electron chi connectivity index (χ0n) is 12.0. The third-order valence-electron chi connectivity index (χ3n) is 3.86. The number of hydrazine groups is 1. The van der Waals surface area contributed by atoms with E-state index in [1.165, 1.54) is 5.56 Å². The summed E-state index contributed by atoms with van der Waals surface area (Å²) in [6.45, 7) is 3.36. The van der Waals surface area contributed by atoms with Crippen molar-refractivity contribution in [1.29, 1.82) is 0 Å². The van der Waals surface area contributed by atoms with E-state index in [9.17, 15) is 5.11 Å². The maximum absolute atomic E-state index is 10.3. The van der Waals surface area contributed by atoms with Gasteiger partial charge in [-0.25, -0.2) is 5.43 Å². The lowest BCUT2D eigenvalue weighted by Gasteiger charge is -2.20. The Balaban J connectivity index is 1.89. The minimum atomic E-state index is 0.0445. The Morgan fingerprint density at radius 1 is 1.19 bits per heavy atom. The molecule has 1 heterocycles. The molecule has 3 N–H and O–H groups in total. The normalized spacial score (nSPS) is 21.4. The van der Waals surface area contributed by atoms with Crippen LogP contribution in [0.15, 0.2) is 48.5 Å². The van der Waals surface area contributed by atoms with Gasteiger partial charge in [-0.05, 0) is 18.6 Å². The smallest absolute Gasteiger partial charge is 0.124 e. The van der Waals surface area contributed by atoms with Gasteiger partial charge >= 0.3 is 0 Å². The Morgan fingerprint density at radius 3 is 2.71 bits per heavy atom. The summed E-state index contributed by atoms with van der Waals surface area (Å²) in [5.74, 6) is 1.25. The van der Waals surface area contributed by atoms with E-state index in [2.05, 4.69) is 23.0 Å². The molecule has 1 aliphatic heterocycles. The lowest BCUT2D eigenvalue weighted by Crippen LogP contribution is -2.24. The van der Waals surface area contributed by atoms with Crippen molar-refractivity contribution in [1.82, 2.24) is 10.9 Å². The Hall–Kier alpha value is -2.04. The Morgan fingerprint density at radius 2 is 2.00 bits per heavy atom. The van der Waals surface area contributed by atoms with E-state index in [-0.39, 0.29) is 17.7 Å². The van der Waals surface area contributed by atoms with E-state index >= 15 is 0 Å². The minimum Gasteiger partial charge on any atom is -0.507 e. The van der Waals surface area contributed by atoms with Gasteiger partial charge in [0.15, 0.2) is 0 Å². The van der Waals surface area contributed by atoms with Crippen LogP contribution in [0.5, 0.6) is 11.5 Å². The summed E-state index contributed by atoms with van der Waals surface area (Å²) in [4.78, 5) is 0. The Labute approximate surface area is 124 Å². The molecular formula is C17H20N2O2. The summed E-state index contributed by atoms with van der Waals surface area (Å²) in [5, 5.41) is 10.3. The Kier molecular flexibility index (Phi) is 4.08. The molecule has 0 amide bonds. The first-order chi connectivity index (χ1) is 10.3. The van der Waals surface area contributed by atoms with Gasteiger partial charge in [-0.2, -0.15) is 0 Å². The highest BCUT2D eigenvalue weighted by Gasteiger charge is 2.31. The lowest BCUT2D eigenvalue weighted by atomic mass is 9.88. The number of benzene rings is 2. The standard InChI is InChI=1S/C17H20N2O2/c1-2-21-13-8-9-14(16(20)10-13)17-15(11-18-19-17)12-6-4-3-5-7-12/h3-10,15,17-20H,2,11H2,1H3. The summed E-state index contributed by atoms with van der Waals surface area (Å²) in [6, 6.07) is 15.9. The fourth-order valence-corrected chi connectivity index (χ4v) is 2.85. The number of hydrogen-bond donors (Lipinski definition) is 3. The molecule has 2 aromatic rings. The molecule has 2 aromatic carbocycles. The van der Waals surface area contributed by atoms with Crippen LogP contribution in [0.1, 0.15) is 30.0 Å². The fourth-order valence-electron chi connectivity index (χ4n) is 2.85. The SMILES string of the molecule is CCOc1ccc(C2NNCC2c2ccccc2)c(O)c1. The second-order valence-corrected chi connectivity index (χ2v) is 5.17. The third kappa shape index (κ3) is 2.86. The minimum absolute atomic E-state index is 0.0445. The monoisotopic (exact) mass is 284 g/mol. The van der Waals surface area contributed by atoms with Crippen molar-refractivity contribution in [2.24, 2.45) is 0 Å². The van der Waals surface area contributed by atoms with Crippen molar-refractivity contribution in [3.8, 4) is 11.5 Å². The van der Waals surface area contributed by atoms with E-state index in [4.69, 9.17) is 4.74 Å². The van der Waals surface area contributed by atoms with Gasteiger partial charge in [0.1, 0.15) is 11.5 Å². The number of aromatic hydroxyl groups is 1. The molecule has 21 heavy (non-hydrogen) atoms. The van der Waals surface area contributed by atoms with Crippen LogP contribution in [0.25, 0.3) is 0 Å². The largest absolute Gasteiger partial charge is 0.507 e. The molecule has 0 bridgehead atoms. The van der Waals surface area contributed by atoms with Crippen LogP contribution in [0.3, 0.4) is 0 Å². The first-order valence-corrected chi connectivity index (χ1v) is 7.28. The molecule has 110 valence electrons. The van der Waals surface area contributed by atoms with Crippen LogP contribution >= 0.6 is 0 Å². The van der Waals surface area contributed by atoms with Crippen LogP contribution in [-0.4, -0.2) is 18.3 Å². The highest BCUT2D eigenvalue weighted by atomic mass is 16.5. The quantitative estimate of drug-likeness (QED) is 0.808. The van der Waals surface area contributed by atoms with Gasteiger partial charge < -0.3 is 9.84 Å². The molecule has 3 rings (SSSR count). The molecule has 0 aromatic heterocycles. The molecule has 4 heteroatoms. The summed E-state index contributed by atoms with van der Waals surface area (Å²) in [7, 11) is 0. The van der Waals surface area contributed by atoms with Crippen LogP contribution in [0, 0.1) is 0 Å². The third-order valence-corrected chi connectivity index (χ3v) is 3.86. The van der Waals surface area contributed by atoms with Crippen LogP contribution < -0.4 is 15.6 Å². The average molecular weight is 284 g/mol. The molecular weight excluding hydrogens is 264 g/mol. The zero-order chi connectivity index (χ0) is 14.7. The maximum atomic E-state index is 10.3. The highest BCUT2D eigenvalue weighted by Crippen LogP contribution is 2.38. The van der Waals surface area contributed by atoms with Gasteiger partial charge in [-0.1, -0.05) is 36.4 Å². The van der Waals surface area contributed by atoms with E-state index in [1.54, 1.807) is 6.07 Å². The number of ether oxygens (including phenoxy) is 1. The van der Waals surface area contributed by atoms with Crippen LogP contribution in [0.2, 0.25) is 0 Å². The lowest BCUT2D eigenvalue weighted by molar-refractivity contribution is 0.336. The van der Waals surface area contributed by atoms with Crippen molar-refractivity contribution in [3.63, 3.8) is 0 Å². The fraction of sp³-hybridized carbons (Fsp3) is 0.294. The molecule has 0 aliphatic carbocycles. The van der Waals surface area contributed by atoms with E-state index in [1.807, 2.05) is 37.3 Å². The van der Waals surface area contributed by atoms with Gasteiger partial charge in [0.25, 0.3) is 0 Å². The van der Waals surface area contributed by atoms with Crippen LogP contribution in [-0.2, 0) is 0 Å².